The first-order valence-corrected chi connectivity index (χ1v) is 14.8. The molecule has 1 fully saturated rings. The lowest BCUT2D eigenvalue weighted by Gasteiger charge is -2.41. The lowest BCUT2D eigenvalue weighted by atomic mass is 10.0. The van der Waals surface area contributed by atoms with Crippen LogP contribution in [-0.4, -0.2) is 72.3 Å². The summed E-state index contributed by atoms with van der Waals surface area (Å²) in [5, 5.41) is 1.34. The van der Waals surface area contributed by atoms with Crippen LogP contribution in [0, 0.1) is 12.4 Å². The molecule has 3 heterocycles. The van der Waals surface area contributed by atoms with Gasteiger partial charge in [-0.15, -0.1) is 0 Å². The minimum Gasteiger partial charge on any atom is -0.463 e. The molecule has 0 aliphatic carbocycles. The third-order valence-corrected chi connectivity index (χ3v) is 8.31. The smallest absolute Gasteiger partial charge is 0.389 e. The Morgan fingerprint density at radius 3 is 2.67 bits per heavy atom. The van der Waals surface area contributed by atoms with Gasteiger partial charge in [-0.2, -0.15) is 23.1 Å². The number of anilines is 2. The molecule has 0 saturated carbocycles. The largest absolute Gasteiger partial charge is 0.463 e. The number of hydrogen-bond acceptors (Lipinski definition) is 6. The van der Waals surface area contributed by atoms with Crippen molar-refractivity contribution < 1.29 is 31.5 Å². The second-order valence-electron chi connectivity index (χ2n) is 10.9. The molecule has 1 atom stereocenters. The molecule has 1 aromatic heterocycles. The first-order valence-electron chi connectivity index (χ1n) is 14.4. The van der Waals surface area contributed by atoms with Gasteiger partial charge in [0.2, 0.25) is 6.54 Å². The number of aromatic nitrogens is 2. The Morgan fingerprint density at radius 2 is 1.93 bits per heavy atom. The number of carbonyl (C=O) groups excluding carboxylic acids is 1. The molecule has 8 nitrogen and oxygen atoms in total. The van der Waals surface area contributed by atoms with Crippen molar-refractivity contribution in [2.75, 3.05) is 49.1 Å². The van der Waals surface area contributed by atoms with E-state index in [-0.39, 0.29) is 63.2 Å². The average Bonchev–Trinajstić information content (AvgIpc) is 3.01. The number of unbranched alkanes of at least 4 members (excludes halogenated alkanes) is 1. The number of carbonyl (C=O) groups is 1. The van der Waals surface area contributed by atoms with Crippen molar-refractivity contribution in [2.24, 2.45) is 0 Å². The van der Waals surface area contributed by atoms with Crippen LogP contribution in [0.4, 0.5) is 33.5 Å². The topological polar surface area (TPSA) is 66.2 Å². The lowest BCUT2D eigenvalue weighted by molar-refractivity contribution is -0.136. The highest BCUT2D eigenvalue weighted by atomic mass is 35.5. The maximum atomic E-state index is 14.5. The predicted molar refractivity (Wildman–Crippen MR) is 161 cm³/mol. The van der Waals surface area contributed by atoms with Crippen molar-refractivity contribution in [1.29, 1.82) is 0 Å². The normalized spacial score (nSPS) is 16.8. The Hall–Kier alpha value is -4.18. The average molecular weight is 649 g/mol. The molecule has 0 N–H and O–H groups in total. The Morgan fingerprint density at radius 1 is 1.13 bits per heavy atom. The van der Waals surface area contributed by atoms with E-state index < -0.39 is 36.2 Å². The number of nitrogens with zero attached hydrogens (tertiary/aromatic N) is 6. The Labute approximate surface area is 261 Å². The number of amides is 1. The van der Waals surface area contributed by atoms with E-state index in [1.807, 2.05) is 28.0 Å². The minimum absolute atomic E-state index is 0.00869. The second-order valence-corrected chi connectivity index (χ2v) is 11.3. The zero-order valence-corrected chi connectivity index (χ0v) is 25.0. The highest BCUT2D eigenvalue weighted by molar-refractivity contribution is 6.36. The van der Waals surface area contributed by atoms with Crippen LogP contribution in [0.3, 0.4) is 0 Å². The van der Waals surface area contributed by atoms with E-state index in [1.54, 1.807) is 6.07 Å². The summed E-state index contributed by atoms with van der Waals surface area (Å²) >= 11 is 6.40. The van der Waals surface area contributed by atoms with Gasteiger partial charge in [-0.1, -0.05) is 36.4 Å². The molecule has 238 valence electrons. The number of alkyl halides is 3. The van der Waals surface area contributed by atoms with E-state index in [2.05, 4.69) is 21.4 Å². The maximum Gasteiger partial charge on any atom is 0.389 e. The second kappa shape index (κ2) is 13.4. The standard InChI is InChI=1S/C31H30ClF5N6O2/c1-19(33)29(44)43-14-13-42(17-21(43)16-38-2)28-22-10-12-41(25-7-5-6-20-8-9-23(34)27(32)26(20)25)18-24(22)39-30(40-28)45-15-4-3-11-31(35,36)37/h5-9,21H,1,3-4,10-18H2/t21-/m0/s1. The number of fused-ring (bicyclic) bond motifs is 2. The molecule has 1 saturated heterocycles. The van der Waals surface area contributed by atoms with Gasteiger partial charge in [-0.3, -0.25) is 4.79 Å². The monoisotopic (exact) mass is 648 g/mol. The van der Waals surface area contributed by atoms with Crippen LogP contribution >= 0.6 is 11.6 Å². The van der Waals surface area contributed by atoms with Gasteiger partial charge >= 0.3 is 12.2 Å². The zero-order chi connectivity index (χ0) is 32.3. The van der Waals surface area contributed by atoms with Crippen molar-refractivity contribution in [3.8, 4) is 6.01 Å². The lowest BCUT2D eigenvalue weighted by Crippen LogP contribution is -2.57. The van der Waals surface area contributed by atoms with E-state index in [4.69, 9.17) is 22.9 Å². The number of piperazine rings is 1. The first-order chi connectivity index (χ1) is 21.5. The highest BCUT2D eigenvalue weighted by Crippen LogP contribution is 2.38. The van der Waals surface area contributed by atoms with Crippen molar-refractivity contribution >= 4 is 39.8 Å². The van der Waals surface area contributed by atoms with E-state index in [1.165, 1.54) is 11.0 Å². The van der Waals surface area contributed by atoms with Gasteiger partial charge in [0.1, 0.15) is 17.7 Å². The molecule has 2 aromatic carbocycles. The molecule has 45 heavy (non-hydrogen) atoms. The Bertz CT molecular complexity index is 1650. The van der Waals surface area contributed by atoms with Crippen LogP contribution in [0.15, 0.2) is 42.7 Å². The summed E-state index contributed by atoms with van der Waals surface area (Å²) in [7, 11) is 0. The van der Waals surface area contributed by atoms with Crippen LogP contribution in [-0.2, 0) is 17.8 Å². The number of hydrogen-bond donors (Lipinski definition) is 0. The number of benzene rings is 2. The fourth-order valence-electron chi connectivity index (χ4n) is 5.80. The fraction of sp³-hybridized carbons (Fsp3) is 0.419. The van der Waals surface area contributed by atoms with Gasteiger partial charge in [-0.25, -0.2) is 15.4 Å². The third-order valence-electron chi connectivity index (χ3n) is 7.94. The van der Waals surface area contributed by atoms with Gasteiger partial charge in [0.25, 0.3) is 5.91 Å². The molecule has 0 unspecified atom stereocenters. The minimum atomic E-state index is -4.26. The quantitative estimate of drug-likeness (QED) is 0.114. The molecule has 5 rings (SSSR count). The van der Waals surface area contributed by atoms with Gasteiger partial charge in [0.15, 0.2) is 5.83 Å². The predicted octanol–water partition coefficient (Wildman–Crippen LogP) is 6.52. The molecule has 0 bridgehead atoms. The van der Waals surface area contributed by atoms with Crippen molar-refractivity contribution in [3.63, 3.8) is 0 Å². The van der Waals surface area contributed by atoms with Crippen LogP contribution in [0.5, 0.6) is 6.01 Å². The molecule has 2 aliphatic heterocycles. The highest BCUT2D eigenvalue weighted by Gasteiger charge is 2.36. The van der Waals surface area contributed by atoms with E-state index >= 15 is 0 Å². The van der Waals surface area contributed by atoms with Crippen LogP contribution < -0.4 is 14.5 Å². The SMILES string of the molecule is [C-]#[N+]C[C@H]1CN(c2nc(OCCCCC(F)(F)F)nc3c2CCN(c2cccc4ccc(F)c(Cl)c24)C3)CCN1C(=O)C(=C)F. The number of ether oxygens (including phenoxy) is 1. The van der Waals surface area contributed by atoms with Gasteiger partial charge in [0.05, 0.1) is 23.9 Å². The summed E-state index contributed by atoms with van der Waals surface area (Å²) in [5.41, 5.74) is 2.14. The maximum absolute atomic E-state index is 14.5. The molecular weight excluding hydrogens is 619 g/mol. The zero-order valence-electron chi connectivity index (χ0n) is 24.2. The van der Waals surface area contributed by atoms with Crippen LogP contribution in [0.2, 0.25) is 5.02 Å². The molecule has 1 amide bonds. The first kappa shape index (κ1) is 32.2. The molecular formula is C31H30ClF5N6O2. The van der Waals surface area contributed by atoms with Crippen molar-refractivity contribution in [3.05, 3.63) is 76.3 Å². The van der Waals surface area contributed by atoms with Gasteiger partial charge in [0, 0.05) is 49.2 Å². The van der Waals surface area contributed by atoms with E-state index in [0.29, 0.717) is 35.6 Å². The summed E-state index contributed by atoms with van der Waals surface area (Å²) in [6, 6.07) is 7.88. The van der Waals surface area contributed by atoms with Crippen molar-refractivity contribution in [2.45, 2.75) is 44.4 Å². The summed E-state index contributed by atoms with van der Waals surface area (Å²) < 4.78 is 71.8. The van der Waals surface area contributed by atoms with Crippen LogP contribution in [0.25, 0.3) is 15.6 Å². The van der Waals surface area contributed by atoms with E-state index in [0.717, 1.165) is 10.9 Å². The third kappa shape index (κ3) is 7.22. The molecule has 3 aromatic rings. The van der Waals surface area contributed by atoms with Gasteiger partial charge in [-0.05, 0) is 36.8 Å². The summed E-state index contributed by atoms with van der Waals surface area (Å²) in [5.74, 6) is -1.99. The van der Waals surface area contributed by atoms with Crippen LogP contribution in [0.1, 0.15) is 30.5 Å². The molecule has 0 spiro atoms. The summed E-state index contributed by atoms with van der Waals surface area (Å²) in [4.78, 5) is 30.4. The Kier molecular flexibility index (Phi) is 9.62. The van der Waals surface area contributed by atoms with Gasteiger partial charge < -0.3 is 24.3 Å². The molecule has 2 aliphatic rings. The molecule has 0 radical (unpaired) electrons. The summed E-state index contributed by atoms with van der Waals surface area (Å²) in [6.45, 7) is 11.8. The number of rotatable bonds is 9. The number of halogens is 6. The molecule has 14 heteroatoms. The van der Waals surface area contributed by atoms with Crippen molar-refractivity contribution in [1.82, 2.24) is 14.9 Å². The summed E-state index contributed by atoms with van der Waals surface area (Å²) in [6.07, 6.45) is -4.67. The van der Waals surface area contributed by atoms with E-state index in [9.17, 15) is 26.7 Å². The fourth-order valence-corrected chi connectivity index (χ4v) is 6.07. The Balaban J connectivity index is 1.46.